The van der Waals surface area contributed by atoms with Gasteiger partial charge in [-0.2, -0.15) is 0 Å². The van der Waals surface area contributed by atoms with Gasteiger partial charge in [-0.3, -0.25) is 9.59 Å². The Hall–Kier alpha value is -1.11. The normalized spacial score (nSPS) is 24.6. The smallest absolute Gasteiger partial charge is 0.237 e. The lowest BCUT2D eigenvalue weighted by Crippen LogP contribution is -2.54. The van der Waals surface area contributed by atoms with Crippen molar-refractivity contribution in [2.75, 3.05) is 18.1 Å². The molecule has 2 fully saturated rings. The van der Waals surface area contributed by atoms with Crippen molar-refractivity contribution in [2.45, 2.75) is 65.0 Å². The first-order chi connectivity index (χ1) is 10.7. The number of carbonyl (C=O) groups excluding carboxylic acids is 2. The summed E-state index contributed by atoms with van der Waals surface area (Å²) in [5.74, 6) is -0.408. The predicted molar refractivity (Wildman–Crippen MR) is 88.6 cm³/mol. The lowest BCUT2D eigenvalue weighted by molar-refractivity contribution is -0.150. The molecule has 0 aromatic carbocycles. The highest BCUT2D eigenvalue weighted by molar-refractivity contribution is 7.91. The summed E-state index contributed by atoms with van der Waals surface area (Å²) in [5, 5.41) is 2.98. The Balaban J connectivity index is 2.06. The van der Waals surface area contributed by atoms with Crippen molar-refractivity contribution in [1.29, 1.82) is 0 Å². The zero-order valence-electron chi connectivity index (χ0n) is 14.3. The highest BCUT2D eigenvalue weighted by Crippen LogP contribution is 2.26. The molecule has 0 aromatic heterocycles. The fourth-order valence-electron chi connectivity index (χ4n) is 3.48. The molecule has 1 unspecified atom stereocenters. The number of hydrogen-bond acceptors (Lipinski definition) is 4. The minimum Gasteiger partial charge on any atom is -0.352 e. The minimum atomic E-state index is -3.06. The van der Waals surface area contributed by atoms with E-state index in [0.29, 0.717) is 13.0 Å². The lowest BCUT2D eigenvalue weighted by atomic mass is 9.89. The van der Waals surface area contributed by atoms with Crippen LogP contribution in [0, 0.1) is 5.41 Å². The molecule has 0 radical (unpaired) electrons. The van der Waals surface area contributed by atoms with E-state index in [9.17, 15) is 18.0 Å². The van der Waals surface area contributed by atoms with Crippen molar-refractivity contribution in [3.05, 3.63) is 0 Å². The van der Waals surface area contributed by atoms with E-state index < -0.39 is 15.3 Å². The summed E-state index contributed by atoms with van der Waals surface area (Å²) in [4.78, 5) is 27.0. The van der Waals surface area contributed by atoms with Crippen LogP contribution < -0.4 is 5.32 Å². The second-order valence-electron chi connectivity index (χ2n) is 7.23. The Bertz CT molecular complexity index is 565. The third-order valence-electron chi connectivity index (χ3n) is 5.04. The molecule has 7 heteroatoms. The van der Waals surface area contributed by atoms with E-state index in [1.54, 1.807) is 18.7 Å². The number of nitrogens with zero attached hydrogens (tertiary/aromatic N) is 1. The third-order valence-corrected chi connectivity index (χ3v) is 6.79. The van der Waals surface area contributed by atoms with Crippen LogP contribution in [0.5, 0.6) is 0 Å². The maximum absolute atomic E-state index is 12.9. The van der Waals surface area contributed by atoms with Gasteiger partial charge < -0.3 is 10.2 Å². The van der Waals surface area contributed by atoms with Crippen LogP contribution in [-0.4, -0.2) is 55.3 Å². The molecule has 0 aromatic rings. The fourth-order valence-corrected chi connectivity index (χ4v) is 5.21. The van der Waals surface area contributed by atoms with Gasteiger partial charge in [-0.15, -0.1) is 0 Å². The van der Waals surface area contributed by atoms with Crippen LogP contribution in [0.4, 0.5) is 0 Å². The highest BCUT2D eigenvalue weighted by Gasteiger charge is 2.43. The molecule has 2 aliphatic rings. The van der Waals surface area contributed by atoms with Gasteiger partial charge in [0.1, 0.15) is 5.41 Å². The van der Waals surface area contributed by atoms with E-state index in [-0.39, 0.29) is 35.4 Å². The van der Waals surface area contributed by atoms with Gasteiger partial charge in [0.2, 0.25) is 11.8 Å². The van der Waals surface area contributed by atoms with Crippen LogP contribution in [0.25, 0.3) is 0 Å². The summed E-state index contributed by atoms with van der Waals surface area (Å²) in [7, 11) is -3.06. The quantitative estimate of drug-likeness (QED) is 0.757. The molecule has 0 bridgehead atoms. The zero-order chi connectivity index (χ0) is 17.3. The number of carbonyl (C=O) groups is 2. The Labute approximate surface area is 138 Å². The van der Waals surface area contributed by atoms with Gasteiger partial charge in [0.25, 0.3) is 0 Å². The van der Waals surface area contributed by atoms with Gasteiger partial charge in [-0.25, -0.2) is 8.42 Å². The monoisotopic (exact) mass is 344 g/mol. The van der Waals surface area contributed by atoms with Gasteiger partial charge in [0, 0.05) is 18.6 Å². The fraction of sp³-hybridized carbons (Fsp3) is 0.875. The maximum Gasteiger partial charge on any atom is 0.237 e. The Kier molecular flexibility index (Phi) is 5.38. The minimum absolute atomic E-state index is 0.00685. The standard InChI is InChI=1S/C16H28N2O4S/c1-4-18(13-9-10-23(21,22)11-13)15(20)16(2,3)14(19)17-12-7-5-6-8-12/h12-13H,4-11H2,1-3H3,(H,17,19). The molecule has 1 atom stereocenters. The molecule has 6 nitrogen and oxygen atoms in total. The molecule has 1 aliphatic carbocycles. The van der Waals surface area contributed by atoms with Crippen molar-refractivity contribution < 1.29 is 18.0 Å². The molecule has 1 aliphatic heterocycles. The molecule has 23 heavy (non-hydrogen) atoms. The van der Waals surface area contributed by atoms with E-state index in [4.69, 9.17) is 0 Å². The number of hydrogen-bond donors (Lipinski definition) is 1. The van der Waals surface area contributed by atoms with Gasteiger partial charge in [-0.1, -0.05) is 12.8 Å². The second-order valence-corrected chi connectivity index (χ2v) is 9.46. The van der Waals surface area contributed by atoms with Crippen molar-refractivity contribution >= 4 is 21.7 Å². The maximum atomic E-state index is 12.9. The van der Waals surface area contributed by atoms with Crippen LogP contribution in [-0.2, 0) is 19.4 Å². The van der Waals surface area contributed by atoms with E-state index in [1.807, 2.05) is 6.92 Å². The van der Waals surface area contributed by atoms with Gasteiger partial charge in [-0.05, 0) is 40.0 Å². The first kappa shape index (κ1) is 18.2. The molecule has 0 spiro atoms. The van der Waals surface area contributed by atoms with Crippen LogP contribution in [0.15, 0.2) is 0 Å². The molecule has 132 valence electrons. The third kappa shape index (κ3) is 4.05. The van der Waals surface area contributed by atoms with E-state index in [0.717, 1.165) is 25.7 Å². The first-order valence-corrected chi connectivity index (χ1v) is 10.3. The Morgan fingerprint density at radius 2 is 1.78 bits per heavy atom. The molecule has 1 heterocycles. The molecular formula is C16H28N2O4S. The summed E-state index contributed by atoms with van der Waals surface area (Å²) < 4.78 is 23.4. The summed E-state index contributed by atoms with van der Waals surface area (Å²) >= 11 is 0. The highest BCUT2D eigenvalue weighted by atomic mass is 32.2. The molecule has 1 saturated carbocycles. The van der Waals surface area contributed by atoms with Gasteiger partial charge in [0.05, 0.1) is 11.5 Å². The van der Waals surface area contributed by atoms with Crippen LogP contribution in [0.3, 0.4) is 0 Å². The molecular weight excluding hydrogens is 316 g/mol. The number of nitrogens with one attached hydrogen (secondary N) is 1. The largest absolute Gasteiger partial charge is 0.352 e. The summed E-state index contributed by atoms with van der Waals surface area (Å²) in [6.45, 7) is 5.50. The van der Waals surface area contributed by atoms with Crippen molar-refractivity contribution in [2.24, 2.45) is 5.41 Å². The summed E-state index contributed by atoms with van der Waals surface area (Å²) in [6.07, 6.45) is 4.62. The van der Waals surface area contributed by atoms with E-state index >= 15 is 0 Å². The predicted octanol–water partition coefficient (Wildman–Crippen LogP) is 1.11. The summed E-state index contributed by atoms with van der Waals surface area (Å²) in [6, 6.07) is -0.146. The first-order valence-electron chi connectivity index (χ1n) is 8.50. The number of sulfone groups is 1. The molecule has 1 N–H and O–H groups in total. The van der Waals surface area contributed by atoms with Crippen LogP contribution in [0.1, 0.15) is 52.9 Å². The van der Waals surface area contributed by atoms with Crippen molar-refractivity contribution in [3.8, 4) is 0 Å². The summed E-state index contributed by atoms with van der Waals surface area (Å²) in [5.41, 5.74) is -1.18. The molecule has 1 saturated heterocycles. The topological polar surface area (TPSA) is 83.6 Å². The average Bonchev–Trinajstić information content (AvgIpc) is 3.09. The molecule has 2 amide bonds. The van der Waals surface area contributed by atoms with Crippen molar-refractivity contribution in [3.63, 3.8) is 0 Å². The number of rotatable bonds is 5. The zero-order valence-corrected chi connectivity index (χ0v) is 15.1. The Morgan fingerprint density at radius 1 is 1.17 bits per heavy atom. The lowest BCUT2D eigenvalue weighted by Gasteiger charge is -2.34. The van der Waals surface area contributed by atoms with Crippen molar-refractivity contribution in [1.82, 2.24) is 10.2 Å². The van der Waals surface area contributed by atoms with E-state index in [1.165, 1.54) is 0 Å². The van der Waals surface area contributed by atoms with Gasteiger partial charge in [0.15, 0.2) is 9.84 Å². The molecule has 2 rings (SSSR count). The van der Waals surface area contributed by atoms with Crippen LogP contribution >= 0.6 is 0 Å². The number of amides is 2. The van der Waals surface area contributed by atoms with E-state index in [2.05, 4.69) is 5.32 Å². The van der Waals surface area contributed by atoms with Crippen LogP contribution in [0.2, 0.25) is 0 Å². The second kappa shape index (κ2) is 6.79. The average molecular weight is 344 g/mol. The Morgan fingerprint density at radius 3 is 2.26 bits per heavy atom. The van der Waals surface area contributed by atoms with Gasteiger partial charge >= 0.3 is 0 Å². The SMILES string of the molecule is CCN(C(=O)C(C)(C)C(=O)NC1CCCC1)C1CCS(=O)(=O)C1.